The molecule has 0 bridgehead atoms. The minimum atomic E-state index is -0.250. The Bertz CT molecular complexity index is 447. The molecule has 1 aromatic rings. The van der Waals surface area contributed by atoms with Crippen molar-refractivity contribution in [2.45, 2.75) is 44.2 Å². The van der Waals surface area contributed by atoms with Gasteiger partial charge in [-0.15, -0.1) is 0 Å². The first-order chi connectivity index (χ1) is 9.70. The Balaban J connectivity index is 1.88. The molecular weight excluding hydrogens is 252 g/mol. The van der Waals surface area contributed by atoms with Gasteiger partial charge in [-0.25, -0.2) is 0 Å². The Hall–Kier alpha value is -1.68. The molecule has 0 spiro atoms. The van der Waals surface area contributed by atoms with E-state index in [4.69, 9.17) is 5.73 Å². The number of amides is 1. The molecule has 1 amide bonds. The van der Waals surface area contributed by atoms with Gasteiger partial charge in [0, 0.05) is 19.0 Å². The molecule has 0 aromatic heterocycles. The van der Waals surface area contributed by atoms with Crippen LogP contribution in [-0.4, -0.2) is 35.7 Å². The molecule has 2 N–H and O–H groups in total. The normalized spacial score (nSPS) is 20.4. The van der Waals surface area contributed by atoms with E-state index in [0.717, 1.165) is 31.1 Å². The molecule has 1 aliphatic rings. The number of benzene rings is 1. The average molecular weight is 274 g/mol. The van der Waals surface area contributed by atoms with Crippen molar-refractivity contribution >= 4 is 12.2 Å². The van der Waals surface area contributed by atoms with Crippen LogP contribution in [0.5, 0.6) is 0 Å². The molecule has 0 radical (unpaired) electrons. The molecule has 1 heterocycles. The Morgan fingerprint density at radius 1 is 1.35 bits per heavy atom. The zero-order valence-electron chi connectivity index (χ0n) is 11.7. The van der Waals surface area contributed by atoms with Crippen LogP contribution in [0.4, 0.5) is 0 Å². The van der Waals surface area contributed by atoms with Crippen molar-refractivity contribution in [1.29, 1.82) is 0 Å². The molecule has 1 aromatic carbocycles. The van der Waals surface area contributed by atoms with Crippen molar-refractivity contribution in [3.8, 4) is 0 Å². The minimum Gasteiger partial charge on any atom is -0.333 e. The molecule has 108 valence electrons. The van der Waals surface area contributed by atoms with E-state index >= 15 is 0 Å². The molecule has 4 nitrogen and oxygen atoms in total. The third kappa shape index (κ3) is 3.90. The maximum atomic E-state index is 12.3. The lowest BCUT2D eigenvalue weighted by atomic mass is 10.00. The lowest BCUT2D eigenvalue weighted by Gasteiger charge is -2.33. The third-order valence-electron chi connectivity index (χ3n) is 3.80. The Morgan fingerprint density at radius 3 is 2.80 bits per heavy atom. The van der Waals surface area contributed by atoms with Gasteiger partial charge in [-0.2, -0.15) is 0 Å². The van der Waals surface area contributed by atoms with Crippen LogP contribution in [0, 0.1) is 0 Å². The summed E-state index contributed by atoms with van der Waals surface area (Å²) in [7, 11) is 0. The van der Waals surface area contributed by atoms with Crippen LogP contribution >= 0.6 is 0 Å². The number of piperidine rings is 1. The minimum absolute atomic E-state index is 0.00484. The van der Waals surface area contributed by atoms with Crippen LogP contribution in [0.25, 0.3) is 0 Å². The van der Waals surface area contributed by atoms with Gasteiger partial charge in [0.05, 0.1) is 6.04 Å². The largest absolute Gasteiger partial charge is 0.333 e. The van der Waals surface area contributed by atoms with Crippen molar-refractivity contribution in [3.05, 3.63) is 35.9 Å². The van der Waals surface area contributed by atoms with E-state index in [1.54, 1.807) is 4.90 Å². The van der Waals surface area contributed by atoms with Crippen LogP contribution in [0.15, 0.2) is 30.3 Å². The fourth-order valence-corrected chi connectivity index (χ4v) is 2.74. The number of aldehydes is 1. The monoisotopic (exact) mass is 274 g/mol. The summed E-state index contributed by atoms with van der Waals surface area (Å²) in [5.74, 6) is 0.00484. The summed E-state index contributed by atoms with van der Waals surface area (Å²) in [5, 5.41) is 0. The van der Waals surface area contributed by atoms with Gasteiger partial charge in [0.15, 0.2) is 0 Å². The highest BCUT2D eigenvalue weighted by Crippen LogP contribution is 2.17. The molecule has 20 heavy (non-hydrogen) atoms. The lowest BCUT2D eigenvalue weighted by molar-refractivity contribution is -0.138. The summed E-state index contributed by atoms with van der Waals surface area (Å²) in [6.45, 7) is 0.681. The molecule has 1 saturated heterocycles. The Morgan fingerprint density at radius 2 is 2.10 bits per heavy atom. The zero-order valence-corrected chi connectivity index (χ0v) is 11.7. The topological polar surface area (TPSA) is 63.4 Å². The second kappa shape index (κ2) is 7.20. The molecule has 1 aliphatic heterocycles. The first-order valence-corrected chi connectivity index (χ1v) is 7.25. The molecule has 0 unspecified atom stereocenters. The Labute approximate surface area is 119 Å². The molecule has 0 aliphatic carbocycles. The summed E-state index contributed by atoms with van der Waals surface area (Å²) in [4.78, 5) is 25.0. The summed E-state index contributed by atoms with van der Waals surface area (Å²) in [6.07, 6.45) is 4.65. The maximum absolute atomic E-state index is 12.3. The Kier molecular flexibility index (Phi) is 5.30. The predicted molar refractivity (Wildman–Crippen MR) is 78.2 cm³/mol. The summed E-state index contributed by atoms with van der Waals surface area (Å²) < 4.78 is 0. The quantitative estimate of drug-likeness (QED) is 0.828. The van der Waals surface area contributed by atoms with Gasteiger partial charge in [-0.3, -0.25) is 4.79 Å². The lowest BCUT2D eigenvalue weighted by Crippen LogP contribution is -2.46. The van der Waals surface area contributed by atoms with E-state index in [1.807, 2.05) is 30.3 Å². The van der Waals surface area contributed by atoms with Gasteiger partial charge in [0.25, 0.3) is 0 Å². The molecule has 1 fully saturated rings. The standard InChI is InChI=1S/C16H22N2O2/c17-14(10-13-6-2-1-3-7-13)11-16(20)18-9-5-4-8-15(18)12-19/h1-3,6-7,12,14-15H,4-5,8-11,17H2/t14-,15+/m1/s1. The third-order valence-corrected chi connectivity index (χ3v) is 3.80. The van der Waals surface area contributed by atoms with Gasteiger partial charge in [0.1, 0.15) is 6.29 Å². The molecule has 2 rings (SSSR count). The van der Waals surface area contributed by atoms with Crippen molar-refractivity contribution in [3.63, 3.8) is 0 Å². The SMILES string of the molecule is N[C@@H](CC(=O)N1CCCC[C@H]1C=O)Cc1ccccc1. The zero-order chi connectivity index (χ0) is 14.4. The second-order valence-electron chi connectivity index (χ2n) is 5.44. The van der Waals surface area contributed by atoms with Crippen molar-refractivity contribution in [2.24, 2.45) is 5.73 Å². The van der Waals surface area contributed by atoms with E-state index < -0.39 is 0 Å². The van der Waals surface area contributed by atoms with Crippen LogP contribution in [0.1, 0.15) is 31.2 Å². The van der Waals surface area contributed by atoms with Gasteiger partial charge in [0.2, 0.25) is 5.91 Å². The fraction of sp³-hybridized carbons (Fsp3) is 0.500. The number of rotatable bonds is 5. The highest BCUT2D eigenvalue weighted by atomic mass is 16.2. The number of likely N-dealkylation sites (tertiary alicyclic amines) is 1. The maximum Gasteiger partial charge on any atom is 0.224 e. The average Bonchev–Trinajstić information content (AvgIpc) is 2.48. The molecule has 2 atom stereocenters. The van der Waals surface area contributed by atoms with Crippen molar-refractivity contribution in [1.82, 2.24) is 4.90 Å². The van der Waals surface area contributed by atoms with Crippen LogP contribution in [0.3, 0.4) is 0 Å². The van der Waals surface area contributed by atoms with Gasteiger partial charge >= 0.3 is 0 Å². The second-order valence-corrected chi connectivity index (χ2v) is 5.44. The van der Waals surface area contributed by atoms with Crippen molar-refractivity contribution in [2.75, 3.05) is 6.54 Å². The molecular formula is C16H22N2O2. The summed E-state index contributed by atoms with van der Waals surface area (Å²) >= 11 is 0. The number of carbonyl (C=O) groups is 2. The van der Waals surface area contributed by atoms with Crippen molar-refractivity contribution < 1.29 is 9.59 Å². The van der Waals surface area contributed by atoms with E-state index in [-0.39, 0.29) is 18.0 Å². The van der Waals surface area contributed by atoms with Gasteiger partial charge in [-0.1, -0.05) is 30.3 Å². The highest BCUT2D eigenvalue weighted by molar-refractivity contribution is 5.80. The van der Waals surface area contributed by atoms with E-state index in [0.29, 0.717) is 19.4 Å². The van der Waals surface area contributed by atoms with E-state index in [9.17, 15) is 9.59 Å². The van der Waals surface area contributed by atoms with Crippen LogP contribution in [-0.2, 0) is 16.0 Å². The van der Waals surface area contributed by atoms with E-state index in [1.165, 1.54) is 0 Å². The first kappa shape index (κ1) is 14.7. The molecule has 0 saturated carbocycles. The number of nitrogens with zero attached hydrogens (tertiary/aromatic N) is 1. The number of carbonyl (C=O) groups excluding carboxylic acids is 2. The van der Waals surface area contributed by atoms with Gasteiger partial charge in [-0.05, 0) is 31.2 Å². The predicted octanol–water partition coefficient (Wildman–Crippen LogP) is 1.53. The summed E-state index contributed by atoms with van der Waals surface area (Å²) in [5.41, 5.74) is 7.20. The van der Waals surface area contributed by atoms with Gasteiger partial charge < -0.3 is 15.4 Å². The number of hydrogen-bond donors (Lipinski definition) is 1. The fourth-order valence-electron chi connectivity index (χ4n) is 2.74. The number of hydrogen-bond acceptors (Lipinski definition) is 3. The van der Waals surface area contributed by atoms with E-state index in [2.05, 4.69) is 0 Å². The molecule has 4 heteroatoms. The van der Waals surface area contributed by atoms with Crippen LogP contribution < -0.4 is 5.73 Å². The summed E-state index contributed by atoms with van der Waals surface area (Å²) in [6, 6.07) is 9.48. The first-order valence-electron chi connectivity index (χ1n) is 7.25. The smallest absolute Gasteiger partial charge is 0.224 e. The number of nitrogens with two attached hydrogens (primary N) is 1. The van der Waals surface area contributed by atoms with Crippen LogP contribution in [0.2, 0.25) is 0 Å². The highest BCUT2D eigenvalue weighted by Gasteiger charge is 2.26.